The van der Waals surface area contributed by atoms with E-state index >= 15 is 0 Å². The molecule has 0 aliphatic rings. The van der Waals surface area contributed by atoms with E-state index in [0.29, 0.717) is 0 Å². The summed E-state index contributed by atoms with van der Waals surface area (Å²) in [5.74, 6) is -4.61. The predicted molar refractivity (Wildman–Crippen MR) is 54.0 cm³/mol. The zero-order valence-corrected chi connectivity index (χ0v) is 9.42. The van der Waals surface area contributed by atoms with Crippen LogP contribution >= 0.6 is 0 Å². The first-order valence-electron chi connectivity index (χ1n) is 4.64. The molecule has 0 radical (unpaired) electrons. The number of rotatable bonds is 7. The lowest BCUT2D eigenvalue weighted by Crippen LogP contribution is -2.56. The molecular formula is C6H10N4O8. The maximum Gasteiger partial charge on any atom is 0.706 e. The maximum absolute atomic E-state index is 10.6. The molecule has 0 saturated heterocycles. The van der Waals surface area contributed by atoms with Gasteiger partial charge in [0, 0.05) is 10.8 Å². The molecule has 0 saturated carbocycles. The Balaban J connectivity index is 5.62. The van der Waals surface area contributed by atoms with Crippen molar-refractivity contribution in [3.8, 4) is 0 Å². The third-order valence-electron chi connectivity index (χ3n) is 2.40. The Bertz CT molecular complexity index is 357. The average Bonchev–Trinajstić information content (AvgIpc) is 2.15. The summed E-state index contributed by atoms with van der Waals surface area (Å²) in [5, 5.41) is 42.4. The molecule has 0 aromatic carbocycles. The van der Waals surface area contributed by atoms with Crippen LogP contribution in [0.2, 0.25) is 0 Å². The molecule has 102 valence electrons. The fourth-order valence-corrected chi connectivity index (χ4v) is 1.26. The van der Waals surface area contributed by atoms with Crippen LogP contribution < -0.4 is 0 Å². The van der Waals surface area contributed by atoms with E-state index in [0.717, 1.165) is 0 Å². The Morgan fingerprint density at radius 2 is 1.22 bits per heavy atom. The molecule has 0 aliphatic heterocycles. The van der Waals surface area contributed by atoms with Crippen molar-refractivity contribution in [1.29, 1.82) is 0 Å². The summed E-state index contributed by atoms with van der Waals surface area (Å²) in [4.78, 5) is 36.2. The van der Waals surface area contributed by atoms with E-state index in [1.165, 1.54) is 13.8 Å². The summed E-state index contributed by atoms with van der Waals surface area (Å²) >= 11 is 0. The second-order valence-electron chi connectivity index (χ2n) is 3.85. The van der Waals surface area contributed by atoms with Gasteiger partial charge in [-0.2, -0.15) is 0 Å². The lowest BCUT2D eigenvalue weighted by atomic mass is 9.98. The zero-order chi connectivity index (χ0) is 14.7. The topological polar surface area (TPSA) is 173 Å². The minimum absolute atomic E-state index is 0.820. The van der Waals surface area contributed by atoms with Crippen molar-refractivity contribution in [3.05, 3.63) is 40.5 Å². The molecule has 0 heterocycles. The van der Waals surface area contributed by atoms with Crippen LogP contribution in [0.5, 0.6) is 0 Å². The molecule has 0 spiro atoms. The van der Waals surface area contributed by atoms with Crippen molar-refractivity contribution >= 4 is 0 Å². The second-order valence-corrected chi connectivity index (χ2v) is 3.85. The van der Waals surface area contributed by atoms with Crippen molar-refractivity contribution in [1.82, 2.24) is 0 Å². The minimum atomic E-state index is -3.79. The largest absolute Gasteiger partial charge is 0.706 e. The Labute approximate surface area is 99.2 Å². The molecule has 18 heavy (non-hydrogen) atoms. The van der Waals surface area contributed by atoms with E-state index in [1.807, 2.05) is 0 Å². The van der Waals surface area contributed by atoms with Crippen LogP contribution in [0.1, 0.15) is 20.3 Å². The molecule has 0 bridgehead atoms. The third kappa shape index (κ3) is 2.64. The first-order valence-corrected chi connectivity index (χ1v) is 4.64. The fourth-order valence-electron chi connectivity index (χ4n) is 1.26. The highest BCUT2D eigenvalue weighted by Gasteiger charge is 2.73. The second kappa shape index (κ2) is 5.29. The van der Waals surface area contributed by atoms with Gasteiger partial charge in [-0.3, -0.25) is 40.5 Å². The van der Waals surface area contributed by atoms with Gasteiger partial charge in [0.25, 0.3) is 0 Å². The normalized spacial score (nSPS) is 13.1. The fraction of sp³-hybridized carbons (Fsp3) is 1.00. The SMILES string of the molecule is CC(C)C(CC([N+](=O)[O-])([N+](=O)[O-])[N+](=O)[O-])[N+](=O)[O-]. The monoisotopic (exact) mass is 266 g/mol. The van der Waals surface area contributed by atoms with Crippen molar-refractivity contribution in [2.75, 3.05) is 0 Å². The molecule has 0 amide bonds. The Morgan fingerprint density at radius 1 is 0.889 bits per heavy atom. The van der Waals surface area contributed by atoms with Crippen molar-refractivity contribution in [2.45, 2.75) is 32.1 Å². The molecule has 1 atom stereocenters. The molecule has 12 nitrogen and oxygen atoms in total. The molecule has 0 aliphatic carbocycles. The summed E-state index contributed by atoms with van der Waals surface area (Å²) in [6.07, 6.45) is -1.41. The van der Waals surface area contributed by atoms with E-state index in [1.54, 1.807) is 0 Å². The van der Waals surface area contributed by atoms with Crippen molar-refractivity contribution in [2.24, 2.45) is 5.92 Å². The molecule has 0 N–H and O–H groups in total. The maximum atomic E-state index is 10.6. The van der Waals surface area contributed by atoms with Crippen LogP contribution in [-0.4, -0.2) is 31.5 Å². The van der Waals surface area contributed by atoms with Crippen LogP contribution in [0, 0.1) is 46.4 Å². The van der Waals surface area contributed by atoms with Crippen molar-refractivity contribution in [3.63, 3.8) is 0 Å². The number of hydrogen-bond acceptors (Lipinski definition) is 8. The summed E-state index contributed by atoms with van der Waals surface area (Å²) in [6, 6.07) is -1.76. The van der Waals surface area contributed by atoms with Crippen LogP contribution in [0.25, 0.3) is 0 Å². The van der Waals surface area contributed by atoms with Crippen molar-refractivity contribution < 1.29 is 19.7 Å². The molecular weight excluding hydrogens is 256 g/mol. The molecule has 0 fully saturated rings. The Kier molecular flexibility index (Phi) is 4.58. The highest BCUT2D eigenvalue weighted by molar-refractivity contribution is 4.67. The zero-order valence-electron chi connectivity index (χ0n) is 9.42. The number of hydrogen-bond donors (Lipinski definition) is 0. The van der Waals surface area contributed by atoms with Gasteiger partial charge in [0.1, 0.15) is 0 Å². The summed E-state index contributed by atoms with van der Waals surface area (Å²) in [5.41, 5.74) is 0. The first-order chi connectivity index (χ1) is 8.07. The lowest BCUT2D eigenvalue weighted by Gasteiger charge is -2.14. The third-order valence-corrected chi connectivity index (χ3v) is 2.40. The van der Waals surface area contributed by atoms with Crippen LogP contribution in [0.15, 0.2) is 0 Å². The van der Waals surface area contributed by atoms with E-state index in [9.17, 15) is 40.5 Å². The van der Waals surface area contributed by atoms with Gasteiger partial charge in [-0.1, -0.05) is 13.8 Å². The number of nitrogens with zero attached hydrogens (tertiary/aromatic N) is 4. The molecule has 0 rings (SSSR count). The van der Waals surface area contributed by atoms with E-state index in [-0.39, 0.29) is 0 Å². The predicted octanol–water partition coefficient (Wildman–Crippen LogP) is 0.162. The average molecular weight is 266 g/mol. The molecule has 0 aromatic heterocycles. The van der Waals surface area contributed by atoms with Crippen LogP contribution in [0.4, 0.5) is 0 Å². The van der Waals surface area contributed by atoms with Gasteiger partial charge >= 0.3 is 5.79 Å². The number of nitro groups is 4. The Hall–Kier alpha value is -2.40. The van der Waals surface area contributed by atoms with E-state index < -0.39 is 43.9 Å². The van der Waals surface area contributed by atoms with Gasteiger partial charge in [0.05, 0.1) is 0 Å². The van der Waals surface area contributed by atoms with Gasteiger partial charge < -0.3 is 0 Å². The van der Waals surface area contributed by atoms with E-state index in [4.69, 9.17) is 0 Å². The first kappa shape index (κ1) is 15.6. The minimum Gasteiger partial charge on any atom is -0.264 e. The van der Waals surface area contributed by atoms with Gasteiger partial charge in [0.2, 0.25) is 12.5 Å². The van der Waals surface area contributed by atoms with Crippen LogP contribution in [-0.2, 0) is 0 Å². The smallest absolute Gasteiger partial charge is 0.264 e. The molecule has 12 heteroatoms. The highest BCUT2D eigenvalue weighted by Crippen LogP contribution is 2.24. The quantitative estimate of drug-likeness (QED) is 0.355. The van der Waals surface area contributed by atoms with Crippen LogP contribution in [0.3, 0.4) is 0 Å². The lowest BCUT2D eigenvalue weighted by molar-refractivity contribution is -0.973. The molecule has 0 aromatic rings. The van der Waals surface area contributed by atoms with Gasteiger partial charge in [0.15, 0.2) is 14.8 Å². The van der Waals surface area contributed by atoms with E-state index in [2.05, 4.69) is 0 Å². The van der Waals surface area contributed by atoms with Gasteiger partial charge in [-0.15, -0.1) is 0 Å². The summed E-state index contributed by atoms with van der Waals surface area (Å²) < 4.78 is 0. The standard InChI is InChI=1S/C6H10N4O8/c1-4(2)5(7(11)12)3-6(8(13)14,9(15)16)10(17)18/h4-5H,3H2,1-2H3. The highest BCUT2D eigenvalue weighted by atomic mass is 16.7. The van der Waals surface area contributed by atoms with Gasteiger partial charge in [-0.25, -0.2) is 0 Å². The molecule has 1 unspecified atom stereocenters. The summed E-state index contributed by atoms with van der Waals surface area (Å²) in [7, 11) is 0. The summed E-state index contributed by atoms with van der Waals surface area (Å²) in [6.45, 7) is 2.58. The van der Waals surface area contributed by atoms with Gasteiger partial charge in [-0.05, 0) is 0 Å². The Morgan fingerprint density at radius 3 is 1.39 bits per heavy atom.